The quantitative estimate of drug-likeness (QED) is 0.839. The summed E-state index contributed by atoms with van der Waals surface area (Å²) in [5.41, 5.74) is 9.15. The fourth-order valence-electron chi connectivity index (χ4n) is 3.38. The number of rotatable bonds is 1. The zero-order chi connectivity index (χ0) is 14.4. The molecule has 0 atom stereocenters. The first-order valence-corrected chi connectivity index (χ1v) is 7.58. The number of hydrogen-bond donors (Lipinski definition) is 1. The van der Waals surface area contributed by atoms with Gasteiger partial charge in [0.2, 0.25) is 0 Å². The highest BCUT2D eigenvalue weighted by Crippen LogP contribution is 2.38. The molecule has 0 aliphatic heterocycles. The topological polar surface area (TPSA) is 38.9 Å². The highest BCUT2D eigenvalue weighted by Gasteiger charge is 2.31. The van der Waals surface area contributed by atoms with Crippen molar-refractivity contribution in [3.05, 3.63) is 41.7 Å². The summed E-state index contributed by atoms with van der Waals surface area (Å²) in [5, 5.41) is 2.52. The fourth-order valence-corrected chi connectivity index (χ4v) is 3.38. The predicted molar refractivity (Wildman–Crippen MR) is 84.8 cm³/mol. The van der Waals surface area contributed by atoms with Crippen LogP contribution in [0.3, 0.4) is 0 Å². The largest absolute Gasteiger partial charge is 0.321 e. The summed E-state index contributed by atoms with van der Waals surface area (Å²) in [7, 11) is 0. The minimum Gasteiger partial charge on any atom is -0.321 e. The minimum absolute atomic E-state index is 0.113. The molecule has 0 spiro atoms. The molecule has 1 fully saturated rings. The Balaban J connectivity index is 2.14. The molecule has 2 nitrogen and oxygen atoms in total. The zero-order valence-electron chi connectivity index (χ0n) is 12.7. The Morgan fingerprint density at radius 2 is 1.80 bits per heavy atom. The third-order valence-electron chi connectivity index (χ3n) is 4.64. The molecule has 1 heterocycles. The minimum atomic E-state index is -0.119. The highest BCUT2D eigenvalue weighted by atomic mass is 14.8. The van der Waals surface area contributed by atoms with Crippen molar-refractivity contribution in [1.29, 1.82) is 0 Å². The van der Waals surface area contributed by atoms with Gasteiger partial charge < -0.3 is 5.73 Å². The summed E-state index contributed by atoms with van der Waals surface area (Å²) in [4.78, 5) is 4.43. The monoisotopic (exact) mass is 268 g/mol. The maximum atomic E-state index is 6.57. The Bertz CT molecular complexity index is 631. The lowest BCUT2D eigenvalue weighted by atomic mass is 9.83. The van der Waals surface area contributed by atoms with Gasteiger partial charge in [-0.25, -0.2) is 0 Å². The van der Waals surface area contributed by atoms with Gasteiger partial charge in [0.05, 0.1) is 0 Å². The normalized spacial score (nSPS) is 18.6. The van der Waals surface area contributed by atoms with Crippen LogP contribution in [0.25, 0.3) is 10.8 Å². The molecule has 20 heavy (non-hydrogen) atoms. The molecule has 0 bridgehead atoms. The lowest BCUT2D eigenvalue weighted by Crippen LogP contribution is -2.32. The summed E-state index contributed by atoms with van der Waals surface area (Å²) in [6.45, 7) is 6.70. The van der Waals surface area contributed by atoms with E-state index in [4.69, 9.17) is 5.73 Å². The molecule has 2 heteroatoms. The standard InChI is InChI=1S/C18H24N2/c1-17(2,3)16-12-20-11-13-10-14(6-7-15(13)16)18(19)8-4-5-9-18/h6-7,10-12H,4-5,8-9,19H2,1-3H3. The number of nitrogens with two attached hydrogens (primary N) is 1. The third kappa shape index (κ3) is 2.22. The molecule has 106 valence electrons. The van der Waals surface area contributed by atoms with Crippen LogP contribution in [0.5, 0.6) is 0 Å². The van der Waals surface area contributed by atoms with E-state index >= 15 is 0 Å². The Labute approximate surface area is 121 Å². The number of fused-ring (bicyclic) bond motifs is 1. The average molecular weight is 268 g/mol. The first-order valence-electron chi connectivity index (χ1n) is 7.58. The second kappa shape index (κ2) is 4.56. The van der Waals surface area contributed by atoms with Gasteiger partial charge in [-0.2, -0.15) is 0 Å². The second-order valence-corrected chi connectivity index (χ2v) is 7.24. The van der Waals surface area contributed by atoms with E-state index in [1.54, 1.807) is 0 Å². The first kappa shape index (κ1) is 13.6. The van der Waals surface area contributed by atoms with E-state index in [0.29, 0.717) is 0 Å². The van der Waals surface area contributed by atoms with Gasteiger partial charge in [-0.1, -0.05) is 45.7 Å². The van der Waals surface area contributed by atoms with Gasteiger partial charge in [-0.05, 0) is 40.8 Å². The Morgan fingerprint density at radius 1 is 1.10 bits per heavy atom. The van der Waals surface area contributed by atoms with E-state index < -0.39 is 0 Å². The lowest BCUT2D eigenvalue weighted by Gasteiger charge is -2.26. The number of aromatic nitrogens is 1. The number of benzene rings is 1. The van der Waals surface area contributed by atoms with Crippen LogP contribution in [0.1, 0.15) is 57.6 Å². The van der Waals surface area contributed by atoms with E-state index in [1.165, 1.54) is 34.7 Å². The Hall–Kier alpha value is -1.41. The molecule has 1 aliphatic rings. The smallest absolute Gasteiger partial charge is 0.0409 e. The van der Waals surface area contributed by atoms with Crippen molar-refractivity contribution < 1.29 is 0 Å². The number of pyridine rings is 1. The van der Waals surface area contributed by atoms with E-state index in [9.17, 15) is 0 Å². The highest BCUT2D eigenvalue weighted by molar-refractivity contribution is 5.86. The van der Waals surface area contributed by atoms with Gasteiger partial charge in [0.25, 0.3) is 0 Å². The summed E-state index contributed by atoms with van der Waals surface area (Å²) in [6, 6.07) is 6.71. The molecule has 2 aromatic rings. The third-order valence-corrected chi connectivity index (χ3v) is 4.64. The molecular weight excluding hydrogens is 244 g/mol. The molecule has 0 amide bonds. The zero-order valence-corrected chi connectivity index (χ0v) is 12.7. The number of nitrogens with zero attached hydrogens (tertiary/aromatic N) is 1. The van der Waals surface area contributed by atoms with Gasteiger partial charge in [-0.15, -0.1) is 0 Å². The van der Waals surface area contributed by atoms with E-state index in [-0.39, 0.29) is 11.0 Å². The molecule has 1 aliphatic carbocycles. The van der Waals surface area contributed by atoms with Crippen LogP contribution in [0.4, 0.5) is 0 Å². The Kier molecular flexibility index (Phi) is 3.09. The summed E-state index contributed by atoms with van der Waals surface area (Å²) >= 11 is 0. The van der Waals surface area contributed by atoms with Crippen LogP contribution in [-0.4, -0.2) is 4.98 Å². The van der Waals surface area contributed by atoms with Crippen molar-refractivity contribution in [2.75, 3.05) is 0 Å². The first-order chi connectivity index (χ1) is 9.40. The fraction of sp³-hybridized carbons (Fsp3) is 0.500. The molecule has 1 saturated carbocycles. The summed E-state index contributed by atoms with van der Waals surface area (Å²) < 4.78 is 0. The number of hydrogen-bond acceptors (Lipinski definition) is 2. The molecule has 2 N–H and O–H groups in total. The molecule has 1 aromatic carbocycles. The van der Waals surface area contributed by atoms with E-state index in [2.05, 4.69) is 44.0 Å². The molecule has 1 aromatic heterocycles. The van der Waals surface area contributed by atoms with Gasteiger partial charge in [0.15, 0.2) is 0 Å². The van der Waals surface area contributed by atoms with E-state index in [0.717, 1.165) is 12.8 Å². The van der Waals surface area contributed by atoms with Crippen molar-refractivity contribution in [1.82, 2.24) is 4.98 Å². The second-order valence-electron chi connectivity index (χ2n) is 7.24. The van der Waals surface area contributed by atoms with Crippen LogP contribution < -0.4 is 5.73 Å². The maximum absolute atomic E-state index is 6.57. The summed E-state index contributed by atoms with van der Waals surface area (Å²) in [6.07, 6.45) is 8.65. The van der Waals surface area contributed by atoms with Gasteiger partial charge >= 0.3 is 0 Å². The van der Waals surface area contributed by atoms with E-state index in [1.807, 2.05) is 12.4 Å². The van der Waals surface area contributed by atoms with Crippen LogP contribution in [0.2, 0.25) is 0 Å². The van der Waals surface area contributed by atoms with Crippen molar-refractivity contribution in [2.24, 2.45) is 5.73 Å². The van der Waals surface area contributed by atoms with Crippen molar-refractivity contribution in [3.63, 3.8) is 0 Å². The van der Waals surface area contributed by atoms with Crippen LogP contribution in [-0.2, 0) is 11.0 Å². The summed E-state index contributed by atoms with van der Waals surface area (Å²) in [5.74, 6) is 0. The van der Waals surface area contributed by atoms with Gasteiger partial charge in [0, 0.05) is 23.3 Å². The lowest BCUT2D eigenvalue weighted by molar-refractivity contribution is 0.462. The van der Waals surface area contributed by atoms with Crippen molar-refractivity contribution in [2.45, 2.75) is 57.4 Å². The van der Waals surface area contributed by atoms with Gasteiger partial charge in [-0.3, -0.25) is 4.98 Å². The van der Waals surface area contributed by atoms with Crippen molar-refractivity contribution in [3.8, 4) is 0 Å². The molecule has 3 rings (SSSR count). The average Bonchev–Trinajstić information content (AvgIpc) is 2.84. The molecule has 0 radical (unpaired) electrons. The predicted octanol–water partition coefficient (Wildman–Crippen LogP) is 4.26. The van der Waals surface area contributed by atoms with Crippen LogP contribution in [0, 0.1) is 0 Å². The van der Waals surface area contributed by atoms with Gasteiger partial charge in [0.1, 0.15) is 0 Å². The molecule has 0 saturated heterocycles. The van der Waals surface area contributed by atoms with Crippen LogP contribution >= 0.6 is 0 Å². The Morgan fingerprint density at radius 3 is 2.45 bits per heavy atom. The van der Waals surface area contributed by atoms with Crippen molar-refractivity contribution >= 4 is 10.8 Å². The SMILES string of the molecule is CC(C)(C)c1cncc2cc(C3(N)CCCC3)ccc12. The molecular formula is C18H24N2. The molecule has 0 unspecified atom stereocenters. The maximum Gasteiger partial charge on any atom is 0.0409 e. The van der Waals surface area contributed by atoms with Crippen LogP contribution in [0.15, 0.2) is 30.6 Å².